The van der Waals surface area contributed by atoms with Crippen molar-refractivity contribution < 1.29 is 22.7 Å². The van der Waals surface area contributed by atoms with Gasteiger partial charge in [0, 0.05) is 73.9 Å². The average Bonchev–Trinajstić information content (AvgIpc) is 3.19. The normalized spacial score (nSPS) is 21.7. The van der Waals surface area contributed by atoms with Crippen LogP contribution < -0.4 is 15.4 Å². The predicted molar refractivity (Wildman–Crippen MR) is 138 cm³/mol. The van der Waals surface area contributed by atoms with Crippen molar-refractivity contribution in [2.45, 2.75) is 32.1 Å². The van der Waals surface area contributed by atoms with Gasteiger partial charge >= 0.3 is 0 Å². The Kier molecular flexibility index (Phi) is 7.42. The van der Waals surface area contributed by atoms with Crippen LogP contribution in [0.5, 0.6) is 5.75 Å². The molecular formula is C25H35N5O5S. The Balaban J connectivity index is 1.39. The summed E-state index contributed by atoms with van der Waals surface area (Å²) in [5.74, 6) is 0.541. The Labute approximate surface area is 212 Å². The van der Waals surface area contributed by atoms with E-state index in [1.807, 2.05) is 17.0 Å². The highest BCUT2D eigenvalue weighted by atomic mass is 32.2. The number of piperidine rings is 2. The number of allylic oxidation sites excluding steroid dienone is 1. The number of benzene rings is 1. The minimum Gasteiger partial charge on any atom is -0.496 e. The number of methoxy groups -OCH3 is 1. The molecule has 3 saturated heterocycles. The van der Waals surface area contributed by atoms with Gasteiger partial charge in [-0.25, -0.2) is 12.7 Å². The monoisotopic (exact) mass is 517 g/mol. The van der Waals surface area contributed by atoms with Crippen LogP contribution in [0.3, 0.4) is 0 Å². The second kappa shape index (κ2) is 10.2. The van der Waals surface area contributed by atoms with E-state index in [1.54, 1.807) is 18.1 Å². The second-order valence-electron chi connectivity index (χ2n) is 9.90. The Hall–Kier alpha value is -2.92. The highest BCUT2D eigenvalue weighted by Gasteiger charge is 2.49. The first-order valence-corrected chi connectivity index (χ1v) is 14.1. The zero-order valence-corrected chi connectivity index (χ0v) is 21.7. The van der Waals surface area contributed by atoms with Gasteiger partial charge in [0.05, 0.1) is 18.8 Å². The summed E-state index contributed by atoms with van der Waals surface area (Å²) in [5, 5.41) is 7.55. The number of carbonyl (C=O) groups is 2. The molecular weight excluding hydrogens is 482 g/mol. The smallest absolute Gasteiger partial charge is 0.233 e. The molecule has 3 N–H and O–H groups in total. The van der Waals surface area contributed by atoms with E-state index in [0.717, 1.165) is 18.3 Å². The molecule has 2 amide bonds. The van der Waals surface area contributed by atoms with Crippen molar-refractivity contribution in [1.29, 1.82) is 5.41 Å². The number of likely N-dealkylation sites (tertiary alicyclic amines) is 1. The van der Waals surface area contributed by atoms with Crippen molar-refractivity contribution in [2.75, 3.05) is 51.0 Å². The summed E-state index contributed by atoms with van der Waals surface area (Å²) in [6, 6.07) is 5.47. The van der Waals surface area contributed by atoms with Crippen molar-refractivity contribution in [3.05, 3.63) is 30.0 Å². The maximum absolute atomic E-state index is 13.6. The summed E-state index contributed by atoms with van der Waals surface area (Å²) in [6.07, 6.45) is 6.78. The lowest BCUT2D eigenvalue weighted by Crippen LogP contribution is -2.50. The third kappa shape index (κ3) is 4.86. The number of hydrogen-bond donors (Lipinski definition) is 2. The molecule has 11 heteroatoms. The van der Waals surface area contributed by atoms with Gasteiger partial charge in [-0.1, -0.05) is 0 Å². The lowest BCUT2D eigenvalue weighted by Gasteiger charge is -2.40. The summed E-state index contributed by atoms with van der Waals surface area (Å²) in [5.41, 5.74) is 7.12. The van der Waals surface area contributed by atoms with Gasteiger partial charge < -0.3 is 25.7 Å². The van der Waals surface area contributed by atoms with Crippen LogP contribution in [0, 0.1) is 16.7 Å². The average molecular weight is 518 g/mol. The number of nitrogens with zero attached hydrogens (tertiary/aromatic N) is 3. The molecule has 4 rings (SSSR count). The van der Waals surface area contributed by atoms with Crippen molar-refractivity contribution in [1.82, 2.24) is 9.21 Å². The zero-order valence-electron chi connectivity index (χ0n) is 20.9. The summed E-state index contributed by atoms with van der Waals surface area (Å²) >= 11 is 0. The van der Waals surface area contributed by atoms with Crippen molar-refractivity contribution in [3.8, 4) is 5.75 Å². The number of nitrogens with two attached hydrogens (primary N) is 1. The largest absolute Gasteiger partial charge is 0.496 e. The van der Waals surface area contributed by atoms with Crippen LogP contribution in [-0.2, 0) is 19.6 Å². The van der Waals surface area contributed by atoms with Gasteiger partial charge in [0.15, 0.2) is 0 Å². The Bertz CT molecular complexity index is 1170. The standard InChI is InChI=1S/C25H35N5O5S/c1-35-22-15-20(3-4-21(22)19(16-26)17-27)30-14-9-25(24(30)32)7-12-28(13-8-25)23(31)18-5-10-29(11-6-18)36(2,33)34/h3-4,15-18,26H,5-14,27H2,1-2H3/b19-17+,26-16?. The maximum Gasteiger partial charge on any atom is 0.233 e. The minimum atomic E-state index is -3.22. The number of carbonyl (C=O) groups excluding carboxylic acids is 2. The van der Waals surface area contributed by atoms with E-state index in [0.29, 0.717) is 75.3 Å². The van der Waals surface area contributed by atoms with Crippen LogP contribution in [0.2, 0.25) is 0 Å². The quantitative estimate of drug-likeness (QED) is 0.551. The minimum absolute atomic E-state index is 0.0764. The number of sulfonamides is 1. The molecule has 3 fully saturated rings. The highest BCUT2D eigenvalue weighted by molar-refractivity contribution is 7.88. The Morgan fingerprint density at radius 3 is 2.33 bits per heavy atom. The predicted octanol–water partition coefficient (Wildman–Crippen LogP) is 1.66. The fourth-order valence-electron chi connectivity index (χ4n) is 5.68. The fourth-order valence-corrected chi connectivity index (χ4v) is 6.55. The van der Waals surface area contributed by atoms with E-state index in [2.05, 4.69) is 0 Å². The molecule has 0 bridgehead atoms. The van der Waals surface area contributed by atoms with Gasteiger partial charge in [-0.2, -0.15) is 0 Å². The number of rotatable bonds is 6. The molecule has 0 saturated carbocycles. The number of amides is 2. The molecule has 0 atom stereocenters. The van der Waals surface area contributed by atoms with E-state index in [4.69, 9.17) is 15.9 Å². The molecule has 1 aromatic rings. The lowest BCUT2D eigenvalue weighted by molar-refractivity contribution is -0.141. The van der Waals surface area contributed by atoms with E-state index >= 15 is 0 Å². The lowest BCUT2D eigenvalue weighted by atomic mass is 9.76. The summed E-state index contributed by atoms with van der Waals surface area (Å²) in [6.45, 7) is 2.44. The van der Waals surface area contributed by atoms with Gasteiger partial charge in [-0.15, -0.1) is 0 Å². The third-order valence-electron chi connectivity index (χ3n) is 7.96. The molecule has 0 aliphatic carbocycles. The summed E-state index contributed by atoms with van der Waals surface area (Å²) < 4.78 is 30.4. The zero-order chi connectivity index (χ0) is 26.1. The van der Waals surface area contributed by atoms with Crippen LogP contribution in [0.1, 0.15) is 37.7 Å². The topological polar surface area (TPSA) is 137 Å². The SMILES string of the molecule is COc1cc(N2CCC3(CCN(C(=O)C4CCN(S(C)(=O)=O)CC4)CC3)C2=O)ccc1/C(C=N)=C/N. The molecule has 1 spiro atoms. The van der Waals surface area contributed by atoms with E-state index in [1.165, 1.54) is 16.8 Å². The third-order valence-corrected chi connectivity index (χ3v) is 9.26. The number of ether oxygens (including phenoxy) is 1. The van der Waals surface area contributed by atoms with Gasteiger partial charge in [-0.05, 0) is 44.2 Å². The second-order valence-corrected chi connectivity index (χ2v) is 11.9. The molecule has 36 heavy (non-hydrogen) atoms. The van der Waals surface area contributed by atoms with Crippen molar-refractivity contribution in [2.24, 2.45) is 17.1 Å². The van der Waals surface area contributed by atoms with Gasteiger partial charge in [0.1, 0.15) is 5.75 Å². The number of anilines is 1. The van der Waals surface area contributed by atoms with E-state index < -0.39 is 15.4 Å². The molecule has 0 unspecified atom stereocenters. The molecule has 3 aliphatic rings. The Morgan fingerprint density at radius 1 is 1.14 bits per heavy atom. The van der Waals surface area contributed by atoms with Crippen LogP contribution in [0.4, 0.5) is 5.69 Å². The summed E-state index contributed by atoms with van der Waals surface area (Å²) in [4.78, 5) is 30.3. The van der Waals surface area contributed by atoms with Gasteiger partial charge in [0.25, 0.3) is 0 Å². The van der Waals surface area contributed by atoms with Gasteiger partial charge in [-0.3, -0.25) is 9.59 Å². The number of nitrogens with one attached hydrogen (secondary N) is 1. The molecule has 10 nitrogen and oxygen atoms in total. The number of hydrogen-bond acceptors (Lipinski definition) is 7. The first-order chi connectivity index (χ1) is 17.1. The summed E-state index contributed by atoms with van der Waals surface area (Å²) in [7, 11) is -1.68. The molecule has 3 aliphatic heterocycles. The molecule has 3 heterocycles. The van der Waals surface area contributed by atoms with Crippen LogP contribution in [0.15, 0.2) is 24.4 Å². The molecule has 0 radical (unpaired) electrons. The van der Waals surface area contributed by atoms with E-state index in [9.17, 15) is 18.0 Å². The first-order valence-electron chi connectivity index (χ1n) is 12.3. The van der Waals surface area contributed by atoms with Gasteiger partial charge in [0.2, 0.25) is 21.8 Å². The van der Waals surface area contributed by atoms with Crippen LogP contribution >= 0.6 is 0 Å². The molecule has 0 aromatic heterocycles. The molecule has 1 aromatic carbocycles. The van der Waals surface area contributed by atoms with Crippen molar-refractivity contribution >= 4 is 39.3 Å². The highest BCUT2D eigenvalue weighted by Crippen LogP contribution is 2.44. The first kappa shape index (κ1) is 26.2. The maximum atomic E-state index is 13.6. The van der Waals surface area contributed by atoms with E-state index in [-0.39, 0.29) is 17.7 Å². The van der Waals surface area contributed by atoms with Crippen molar-refractivity contribution in [3.63, 3.8) is 0 Å². The fraction of sp³-hybridized carbons (Fsp3) is 0.560. The van der Waals surface area contributed by atoms with Crippen LogP contribution in [0.25, 0.3) is 5.57 Å². The van der Waals surface area contributed by atoms with Crippen LogP contribution in [-0.4, -0.2) is 81.7 Å². The Morgan fingerprint density at radius 2 is 1.78 bits per heavy atom. The molecule has 196 valence electrons.